The first-order chi connectivity index (χ1) is 15.1. The van der Waals surface area contributed by atoms with E-state index in [0.717, 1.165) is 16.3 Å². The summed E-state index contributed by atoms with van der Waals surface area (Å²) in [5.41, 5.74) is 2.57. The summed E-state index contributed by atoms with van der Waals surface area (Å²) in [6, 6.07) is 14.0. The number of hydrogen-bond donors (Lipinski definition) is 2. The molecule has 3 rings (SSSR count). The van der Waals surface area contributed by atoms with Crippen molar-refractivity contribution in [3.8, 4) is 11.3 Å². The lowest BCUT2D eigenvalue weighted by Gasteiger charge is -2.10. The fraction of sp³-hybridized carbons (Fsp3) is 0.227. The van der Waals surface area contributed by atoms with Crippen LogP contribution in [0.4, 0.5) is 10.8 Å². The number of anilines is 2. The first-order valence-corrected chi connectivity index (χ1v) is 13.3. The predicted octanol–water partition coefficient (Wildman–Crippen LogP) is 5.18. The molecule has 1 atom stereocenters. The van der Waals surface area contributed by atoms with Crippen LogP contribution in [0.3, 0.4) is 0 Å². The summed E-state index contributed by atoms with van der Waals surface area (Å²) in [6.45, 7) is 1.87. The maximum absolute atomic E-state index is 12.4. The van der Waals surface area contributed by atoms with Crippen LogP contribution in [-0.4, -0.2) is 31.3 Å². The van der Waals surface area contributed by atoms with Crippen molar-refractivity contribution in [3.63, 3.8) is 0 Å². The van der Waals surface area contributed by atoms with Gasteiger partial charge in [0.05, 0.1) is 11.9 Å². The molecule has 168 valence electrons. The highest BCUT2D eigenvalue weighted by atomic mass is 79.9. The highest BCUT2D eigenvalue weighted by Gasteiger charge is 2.16. The lowest BCUT2D eigenvalue weighted by Crippen LogP contribution is -2.17. The van der Waals surface area contributed by atoms with Gasteiger partial charge in [-0.2, -0.15) is 0 Å². The summed E-state index contributed by atoms with van der Waals surface area (Å²) in [5, 5.41) is 5.07. The second-order valence-corrected chi connectivity index (χ2v) is 11.0. The van der Waals surface area contributed by atoms with Gasteiger partial charge in [0.2, 0.25) is 15.9 Å². The van der Waals surface area contributed by atoms with E-state index in [9.17, 15) is 18.0 Å². The van der Waals surface area contributed by atoms with Crippen molar-refractivity contribution in [2.24, 2.45) is 5.92 Å². The van der Waals surface area contributed by atoms with Crippen LogP contribution in [0.15, 0.2) is 58.4 Å². The fourth-order valence-corrected chi connectivity index (χ4v) is 4.58. The predicted molar refractivity (Wildman–Crippen MR) is 132 cm³/mol. The molecule has 1 heterocycles. The Hall–Kier alpha value is -2.56. The van der Waals surface area contributed by atoms with Gasteiger partial charge in [-0.3, -0.25) is 14.3 Å². The second-order valence-electron chi connectivity index (χ2n) is 7.48. The summed E-state index contributed by atoms with van der Waals surface area (Å²) in [7, 11) is -3.33. The van der Waals surface area contributed by atoms with Gasteiger partial charge < -0.3 is 5.32 Å². The van der Waals surface area contributed by atoms with Gasteiger partial charge in [0.15, 0.2) is 10.9 Å². The third kappa shape index (κ3) is 7.25. The third-order valence-corrected chi connectivity index (χ3v) is 6.36. The number of sulfonamides is 1. The van der Waals surface area contributed by atoms with Crippen LogP contribution in [0.25, 0.3) is 11.3 Å². The Morgan fingerprint density at radius 3 is 2.34 bits per heavy atom. The lowest BCUT2D eigenvalue weighted by atomic mass is 9.97. The highest BCUT2D eigenvalue weighted by molar-refractivity contribution is 9.10. The molecule has 0 aliphatic heterocycles. The second kappa shape index (κ2) is 10.4. The van der Waals surface area contributed by atoms with E-state index in [-0.39, 0.29) is 30.4 Å². The Bertz CT molecular complexity index is 1210. The van der Waals surface area contributed by atoms with Gasteiger partial charge in [-0.05, 0) is 30.2 Å². The van der Waals surface area contributed by atoms with Crippen LogP contribution in [0, 0.1) is 5.92 Å². The van der Waals surface area contributed by atoms with Crippen LogP contribution in [0.1, 0.15) is 30.1 Å². The standard InChI is InChI=1S/C22H22BrN3O4S2/c1-14(11-20(27)16-3-7-17(23)8-4-16)12-21(28)25-22-24-19(13-31-22)15-5-9-18(10-6-15)26-32(2,29)30/h3-10,13-14,26H,11-12H2,1-2H3,(H,24,25,28). The topological polar surface area (TPSA) is 105 Å². The Balaban J connectivity index is 1.53. The minimum Gasteiger partial charge on any atom is -0.302 e. The molecule has 32 heavy (non-hydrogen) atoms. The quantitative estimate of drug-likeness (QED) is 0.367. The van der Waals surface area contributed by atoms with E-state index in [1.54, 1.807) is 36.4 Å². The number of aromatic nitrogens is 1. The highest BCUT2D eigenvalue weighted by Crippen LogP contribution is 2.26. The molecular formula is C22H22BrN3O4S2. The summed E-state index contributed by atoms with van der Waals surface area (Å²) < 4.78 is 25.9. The number of rotatable bonds is 9. The van der Waals surface area contributed by atoms with Gasteiger partial charge in [-0.1, -0.05) is 47.1 Å². The molecule has 0 spiro atoms. The summed E-state index contributed by atoms with van der Waals surface area (Å²) in [4.78, 5) is 29.2. The Labute approximate surface area is 199 Å². The van der Waals surface area contributed by atoms with Crippen molar-refractivity contribution in [1.29, 1.82) is 0 Å². The van der Waals surface area contributed by atoms with Gasteiger partial charge in [-0.15, -0.1) is 11.3 Å². The average Bonchev–Trinajstić information content (AvgIpc) is 3.15. The van der Waals surface area contributed by atoms with E-state index in [0.29, 0.717) is 22.1 Å². The van der Waals surface area contributed by atoms with E-state index in [1.807, 2.05) is 24.4 Å². The zero-order valence-electron chi connectivity index (χ0n) is 17.5. The van der Waals surface area contributed by atoms with E-state index in [1.165, 1.54) is 11.3 Å². The maximum Gasteiger partial charge on any atom is 0.229 e. The molecule has 0 aliphatic carbocycles. The molecule has 2 N–H and O–H groups in total. The molecule has 0 fully saturated rings. The number of carbonyl (C=O) groups is 2. The number of nitrogens with zero attached hydrogens (tertiary/aromatic N) is 1. The van der Waals surface area contributed by atoms with Gasteiger partial charge in [0, 0.05) is 39.5 Å². The summed E-state index contributed by atoms with van der Waals surface area (Å²) >= 11 is 4.65. The van der Waals surface area contributed by atoms with Crippen molar-refractivity contribution in [3.05, 3.63) is 63.9 Å². The summed E-state index contributed by atoms with van der Waals surface area (Å²) in [6.07, 6.45) is 1.59. The molecule has 7 nitrogen and oxygen atoms in total. The van der Waals surface area contributed by atoms with Gasteiger partial charge in [0.1, 0.15) is 0 Å². The Morgan fingerprint density at radius 2 is 1.72 bits per heavy atom. The van der Waals surface area contributed by atoms with E-state index < -0.39 is 10.0 Å². The zero-order valence-corrected chi connectivity index (χ0v) is 20.7. The monoisotopic (exact) mass is 535 g/mol. The number of benzene rings is 2. The third-order valence-electron chi connectivity index (χ3n) is 4.47. The van der Waals surface area contributed by atoms with Gasteiger partial charge in [-0.25, -0.2) is 13.4 Å². The molecule has 10 heteroatoms. The molecule has 2 aromatic carbocycles. The molecule has 0 saturated carbocycles. The van der Waals surface area contributed by atoms with Crippen LogP contribution in [0.5, 0.6) is 0 Å². The minimum atomic E-state index is -3.33. The van der Waals surface area contributed by atoms with Crippen LogP contribution in [-0.2, 0) is 14.8 Å². The molecule has 0 aliphatic rings. The van der Waals surface area contributed by atoms with Gasteiger partial charge >= 0.3 is 0 Å². The number of nitrogens with one attached hydrogen (secondary N) is 2. The number of thiazole rings is 1. The van der Waals surface area contributed by atoms with Crippen LogP contribution < -0.4 is 10.0 Å². The number of amides is 1. The zero-order chi connectivity index (χ0) is 23.3. The van der Waals surface area contributed by atoms with Crippen molar-refractivity contribution in [2.75, 3.05) is 16.3 Å². The smallest absolute Gasteiger partial charge is 0.229 e. The molecule has 0 radical (unpaired) electrons. The van der Waals surface area contributed by atoms with Crippen molar-refractivity contribution in [1.82, 2.24) is 4.98 Å². The molecule has 1 unspecified atom stereocenters. The lowest BCUT2D eigenvalue weighted by molar-refractivity contribution is -0.116. The molecular weight excluding hydrogens is 514 g/mol. The summed E-state index contributed by atoms with van der Waals surface area (Å²) in [5.74, 6) is -0.307. The number of carbonyl (C=O) groups excluding carboxylic acids is 2. The normalized spacial score (nSPS) is 12.2. The molecule has 1 amide bonds. The van der Waals surface area contributed by atoms with Gasteiger partial charge in [0.25, 0.3) is 0 Å². The minimum absolute atomic E-state index is 0.00291. The fourth-order valence-electron chi connectivity index (χ4n) is 3.02. The van der Waals surface area contributed by atoms with Crippen molar-refractivity contribution in [2.45, 2.75) is 19.8 Å². The SMILES string of the molecule is CC(CC(=O)Nc1nc(-c2ccc(NS(C)(=O)=O)cc2)cs1)CC(=O)c1ccc(Br)cc1. The van der Waals surface area contributed by atoms with E-state index >= 15 is 0 Å². The van der Waals surface area contributed by atoms with Crippen molar-refractivity contribution >= 4 is 59.8 Å². The number of Topliss-reactive ketones (excluding diaryl/α,β-unsaturated/α-hetero) is 1. The number of ketones is 1. The Morgan fingerprint density at radius 1 is 1.06 bits per heavy atom. The Kier molecular flexibility index (Phi) is 7.81. The van der Waals surface area contributed by atoms with Crippen molar-refractivity contribution < 1.29 is 18.0 Å². The number of hydrogen-bond acceptors (Lipinski definition) is 6. The number of halogens is 1. The van der Waals surface area contributed by atoms with E-state index in [2.05, 4.69) is 31.0 Å². The average molecular weight is 536 g/mol. The first-order valence-electron chi connectivity index (χ1n) is 9.71. The van der Waals surface area contributed by atoms with Crippen LogP contribution >= 0.6 is 27.3 Å². The molecule has 1 aromatic heterocycles. The first kappa shape index (κ1) is 24.1. The molecule has 0 bridgehead atoms. The van der Waals surface area contributed by atoms with Crippen LogP contribution in [0.2, 0.25) is 0 Å². The molecule has 0 saturated heterocycles. The largest absolute Gasteiger partial charge is 0.302 e. The maximum atomic E-state index is 12.4. The molecule has 3 aromatic rings. The van der Waals surface area contributed by atoms with E-state index in [4.69, 9.17) is 0 Å².